The standard InChI is InChI=1S/C23H25N/c1-17-6-4-9-21(16-17)11-10-20-12-14-22(15-13-20)24-23-18(2)7-5-8-19(23)3/h4-14,16,22,24H,15H2,1-3H3. The second-order valence-electron chi connectivity index (χ2n) is 6.56. The zero-order chi connectivity index (χ0) is 16.9. The summed E-state index contributed by atoms with van der Waals surface area (Å²) in [5.41, 5.74) is 7.69. The Morgan fingerprint density at radius 1 is 0.958 bits per heavy atom. The van der Waals surface area contributed by atoms with Crippen LogP contribution in [0.25, 0.3) is 6.08 Å². The van der Waals surface area contributed by atoms with E-state index < -0.39 is 0 Å². The highest BCUT2D eigenvalue weighted by Crippen LogP contribution is 2.23. The molecule has 0 aromatic heterocycles. The van der Waals surface area contributed by atoms with Gasteiger partial charge in [-0.05, 0) is 49.5 Å². The Morgan fingerprint density at radius 2 is 1.71 bits per heavy atom. The molecular formula is C23H25N. The Kier molecular flexibility index (Phi) is 5.00. The molecule has 0 spiro atoms. The predicted molar refractivity (Wildman–Crippen MR) is 105 cm³/mol. The zero-order valence-corrected chi connectivity index (χ0v) is 14.7. The number of aryl methyl sites for hydroxylation is 3. The summed E-state index contributed by atoms with van der Waals surface area (Å²) in [7, 11) is 0. The number of para-hydroxylation sites is 1. The van der Waals surface area contributed by atoms with Crippen molar-refractivity contribution in [3.8, 4) is 0 Å². The van der Waals surface area contributed by atoms with Crippen LogP contribution in [0.2, 0.25) is 0 Å². The van der Waals surface area contributed by atoms with Crippen LogP contribution in [0.5, 0.6) is 0 Å². The molecule has 1 N–H and O–H groups in total. The highest BCUT2D eigenvalue weighted by molar-refractivity contribution is 5.59. The van der Waals surface area contributed by atoms with Crippen molar-refractivity contribution in [2.45, 2.75) is 33.2 Å². The van der Waals surface area contributed by atoms with E-state index in [9.17, 15) is 0 Å². The third kappa shape index (κ3) is 4.05. The minimum Gasteiger partial charge on any atom is -0.378 e. The van der Waals surface area contributed by atoms with Crippen LogP contribution in [0.15, 0.2) is 72.3 Å². The Morgan fingerprint density at radius 3 is 2.38 bits per heavy atom. The van der Waals surface area contributed by atoms with Crippen molar-refractivity contribution >= 4 is 11.8 Å². The maximum atomic E-state index is 3.66. The maximum absolute atomic E-state index is 3.66. The van der Waals surface area contributed by atoms with Crippen molar-refractivity contribution < 1.29 is 0 Å². The van der Waals surface area contributed by atoms with Gasteiger partial charge in [0, 0.05) is 11.7 Å². The van der Waals surface area contributed by atoms with Gasteiger partial charge in [-0.25, -0.2) is 0 Å². The molecule has 2 aromatic carbocycles. The van der Waals surface area contributed by atoms with Crippen molar-refractivity contribution in [1.82, 2.24) is 0 Å². The summed E-state index contributed by atoms with van der Waals surface area (Å²) in [6.45, 7) is 6.45. The maximum Gasteiger partial charge on any atom is 0.0482 e. The molecule has 1 aliphatic carbocycles. The van der Waals surface area contributed by atoms with E-state index in [0.717, 1.165) is 6.42 Å². The molecule has 0 saturated carbocycles. The zero-order valence-electron chi connectivity index (χ0n) is 14.7. The third-order valence-corrected chi connectivity index (χ3v) is 4.45. The Bertz CT molecular complexity index is 788. The van der Waals surface area contributed by atoms with Gasteiger partial charge in [0.1, 0.15) is 0 Å². The number of hydrogen-bond acceptors (Lipinski definition) is 1. The molecule has 1 atom stereocenters. The van der Waals surface area contributed by atoms with Gasteiger partial charge in [-0.2, -0.15) is 0 Å². The predicted octanol–water partition coefficient (Wildman–Crippen LogP) is 5.99. The first-order chi connectivity index (χ1) is 11.6. The molecule has 1 heteroatoms. The number of anilines is 1. The van der Waals surface area contributed by atoms with Crippen LogP contribution in [0, 0.1) is 20.8 Å². The number of hydrogen-bond donors (Lipinski definition) is 1. The van der Waals surface area contributed by atoms with Gasteiger partial charge in [-0.15, -0.1) is 0 Å². The minimum absolute atomic E-state index is 0.362. The molecule has 0 bridgehead atoms. The van der Waals surface area contributed by atoms with Crippen molar-refractivity contribution in [3.05, 3.63) is 94.6 Å². The number of benzene rings is 2. The van der Waals surface area contributed by atoms with E-state index in [2.05, 4.69) is 98.9 Å². The first-order valence-corrected chi connectivity index (χ1v) is 8.58. The lowest BCUT2D eigenvalue weighted by Crippen LogP contribution is -2.19. The number of allylic oxidation sites excluding steroid dienone is 3. The highest BCUT2D eigenvalue weighted by atomic mass is 14.9. The number of nitrogens with one attached hydrogen (secondary N) is 1. The quantitative estimate of drug-likeness (QED) is 0.730. The molecule has 122 valence electrons. The summed E-state index contributed by atoms with van der Waals surface area (Å²) in [6.07, 6.45) is 12.2. The molecule has 1 unspecified atom stereocenters. The fourth-order valence-corrected chi connectivity index (χ4v) is 3.06. The van der Waals surface area contributed by atoms with Crippen molar-refractivity contribution in [2.75, 3.05) is 5.32 Å². The summed E-state index contributed by atoms with van der Waals surface area (Å²) in [5, 5.41) is 3.66. The second-order valence-corrected chi connectivity index (χ2v) is 6.56. The Balaban J connectivity index is 1.63. The molecule has 1 nitrogen and oxygen atoms in total. The molecule has 24 heavy (non-hydrogen) atoms. The van der Waals surface area contributed by atoms with E-state index in [4.69, 9.17) is 0 Å². The second kappa shape index (κ2) is 7.35. The van der Waals surface area contributed by atoms with Crippen molar-refractivity contribution in [1.29, 1.82) is 0 Å². The van der Waals surface area contributed by atoms with Crippen LogP contribution < -0.4 is 5.32 Å². The molecular weight excluding hydrogens is 290 g/mol. The fourth-order valence-electron chi connectivity index (χ4n) is 3.06. The molecule has 2 aromatic rings. The van der Waals surface area contributed by atoms with Crippen molar-refractivity contribution in [3.63, 3.8) is 0 Å². The van der Waals surface area contributed by atoms with Crippen LogP contribution in [0.3, 0.4) is 0 Å². The normalized spacial score (nSPS) is 17.1. The van der Waals surface area contributed by atoms with Gasteiger partial charge in [-0.3, -0.25) is 0 Å². The topological polar surface area (TPSA) is 12.0 Å². The molecule has 3 rings (SSSR count). The van der Waals surface area contributed by atoms with Gasteiger partial charge in [0.05, 0.1) is 0 Å². The average molecular weight is 315 g/mol. The lowest BCUT2D eigenvalue weighted by atomic mass is 10.0. The lowest BCUT2D eigenvalue weighted by Gasteiger charge is -2.21. The van der Waals surface area contributed by atoms with Crippen LogP contribution in [-0.2, 0) is 0 Å². The van der Waals surface area contributed by atoms with E-state index >= 15 is 0 Å². The minimum atomic E-state index is 0.362. The van der Waals surface area contributed by atoms with E-state index in [1.807, 2.05) is 0 Å². The van der Waals surface area contributed by atoms with Gasteiger partial charge < -0.3 is 5.32 Å². The van der Waals surface area contributed by atoms with Gasteiger partial charge >= 0.3 is 0 Å². The summed E-state index contributed by atoms with van der Waals surface area (Å²) >= 11 is 0. The summed E-state index contributed by atoms with van der Waals surface area (Å²) in [5.74, 6) is 0. The summed E-state index contributed by atoms with van der Waals surface area (Å²) < 4.78 is 0. The molecule has 0 aliphatic heterocycles. The largest absolute Gasteiger partial charge is 0.378 e. The Hall–Kier alpha value is -2.54. The lowest BCUT2D eigenvalue weighted by molar-refractivity contribution is 0.874. The van der Waals surface area contributed by atoms with Crippen LogP contribution in [-0.4, -0.2) is 6.04 Å². The summed E-state index contributed by atoms with van der Waals surface area (Å²) in [4.78, 5) is 0. The molecule has 1 aliphatic rings. The van der Waals surface area contributed by atoms with Crippen LogP contribution in [0.1, 0.15) is 28.7 Å². The number of rotatable bonds is 4. The average Bonchev–Trinajstić information content (AvgIpc) is 2.58. The van der Waals surface area contributed by atoms with Gasteiger partial charge in [-0.1, -0.05) is 78.4 Å². The van der Waals surface area contributed by atoms with Crippen molar-refractivity contribution in [2.24, 2.45) is 0 Å². The Labute approximate surface area is 145 Å². The van der Waals surface area contributed by atoms with E-state index in [1.165, 1.54) is 33.5 Å². The smallest absolute Gasteiger partial charge is 0.0482 e. The van der Waals surface area contributed by atoms with Gasteiger partial charge in [0.2, 0.25) is 0 Å². The molecule has 0 saturated heterocycles. The van der Waals surface area contributed by atoms with Gasteiger partial charge in [0.25, 0.3) is 0 Å². The third-order valence-electron chi connectivity index (χ3n) is 4.45. The van der Waals surface area contributed by atoms with E-state index in [1.54, 1.807) is 0 Å². The fraction of sp³-hybridized carbons (Fsp3) is 0.217. The first kappa shape index (κ1) is 16.3. The summed E-state index contributed by atoms with van der Waals surface area (Å²) in [6, 6.07) is 15.4. The molecule has 0 radical (unpaired) electrons. The molecule has 0 amide bonds. The SMILES string of the molecule is Cc1cccc(C=CC2=CCC(Nc3c(C)cccc3C)C=C2)c1. The van der Waals surface area contributed by atoms with Crippen LogP contribution in [0.4, 0.5) is 5.69 Å². The monoisotopic (exact) mass is 315 g/mol. The van der Waals surface area contributed by atoms with E-state index in [0.29, 0.717) is 6.04 Å². The molecule has 0 heterocycles. The van der Waals surface area contributed by atoms with E-state index in [-0.39, 0.29) is 0 Å². The molecule has 0 fully saturated rings. The first-order valence-electron chi connectivity index (χ1n) is 8.58. The van der Waals surface area contributed by atoms with Crippen LogP contribution >= 0.6 is 0 Å². The van der Waals surface area contributed by atoms with Gasteiger partial charge in [0.15, 0.2) is 0 Å². The highest BCUT2D eigenvalue weighted by Gasteiger charge is 2.10.